The standard InChI is InChI=1S/C12H8ClF3N2O2/c13-10-2-1-7(3-9(10)12(14,15)16)20-8-4-17-11(6-19)18-5-8/h1-5,19H,6H2. The van der Waals surface area contributed by atoms with Gasteiger partial charge in [0.25, 0.3) is 0 Å². The van der Waals surface area contributed by atoms with Crippen LogP contribution in [-0.2, 0) is 12.8 Å². The molecule has 0 amide bonds. The molecule has 4 nitrogen and oxygen atoms in total. The fourth-order valence-corrected chi connectivity index (χ4v) is 1.62. The quantitative estimate of drug-likeness (QED) is 0.944. The molecule has 1 heterocycles. The molecule has 1 aromatic heterocycles. The summed E-state index contributed by atoms with van der Waals surface area (Å²) in [6, 6.07) is 3.20. The molecule has 0 aliphatic carbocycles. The van der Waals surface area contributed by atoms with Crippen LogP contribution < -0.4 is 4.74 Å². The van der Waals surface area contributed by atoms with Gasteiger partial charge in [-0.2, -0.15) is 13.2 Å². The molecule has 0 bridgehead atoms. The van der Waals surface area contributed by atoms with E-state index in [0.29, 0.717) is 0 Å². The van der Waals surface area contributed by atoms with Crippen molar-refractivity contribution in [2.45, 2.75) is 12.8 Å². The lowest BCUT2D eigenvalue weighted by molar-refractivity contribution is -0.137. The van der Waals surface area contributed by atoms with Gasteiger partial charge in [0.15, 0.2) is 11.6 Å². The molecule has 2 aromatic rings. The van der Waals surface area contributed by atoms with Gasteiger partial charge in [-0.25, -0.2) is 9.97 Å². The number of rotatable bonds is 3. The number of nitrogens with zero attached hydrogens (tertiary/aromatic N) is 2. The molecule has 0 aliphatic heterocycles. The first-order chi connectivity index (χ1) is 9.40. The number of aliphatic hydroxyl groups excluding tert-OH is 1. The lowest BCUT2D eigenvalue weighted by atomic mass is 10.2. The van der Waals surface area contributed by atoms with E-state index in [0.717, 1.165) is 12.1 Å². The average Bonchev–Trinajstić information content (AvgIpc) is 2.40. The van der Waals surface area contributed by atoms with E-state index in [2.05, 4.69) is 9.97 Å². The maximum Gasteiger partial charge on any atom is 0.417 e. The predicted octanol–water partition coefficient (Wildman–Crippen LogP) is 3.43. The number of halogens is 4. The van der Waals surface area contributed by atoms with Gasteiger partial charge in [-0.1, -0.05) is 11.6 Å². The van der Waals surface area contributed by atoms with Crippen LogP contribution in [0.3, 0.4) is 0 Å². The van der Waals surface area contributed by atoms with E-state index in [4.69, 9.17) is 21.4 Å². The van der Waals surface area contributed by atoms with E-state index in [1.165, 1.54) is 18.5 Å². The zero-order valence-electron chi connectivity index (χ0n) is 9.86. The summed E-state index contributed by atoms with van der Waals surface area (Å²) in [4.78, 5) is 7.50. The summed E-state index contributed by atoms with van der Waals surface area (Å²) < 4.78 is 43.2. The number of aromatic nitrogens is 2. The smallest absolute Gasteiger partial charge is 0.417 e. The lowest BCUT2D eigenvalue weighted by Crippen LogP contribution is -2.06. The molecule has 0 saturated heterocycles. The van der Waals surface area contributed by atoms with Crippen LogP contribution in [-0.4, -0.2) is 15.1 Å². The Morgan fingerprint density at radius 2 is 1.80 bits per heavy atom. The molecule has 0 radical (unpaired) electrons. The van der Waals surface area contributed by atoms with Gasteiger partial charge in [-0.05, 0) is 18.2 Å². The van der Waals surface area contributed by atoms with Crippen molar-refractivity contribution in [3.05, 3.63) is 47.0 Å². The summed E-state index contributed by atoms with van der Waals surface area (Å²) in [6.45, 7) is -0.334. The predicted molar refractivity (Wildman–Crippen MR) is 64.5 cm³/mol. The topological polar surface area (TPSA) is 55.2 Å². The van der Waals surface area contributed by atoms with Gasteiger partial charge >= 0.3 is 6.18 Å². The van der Waals surface area contributed by atoms with Crippen molar-refractivity contribution < 1.29 is 23.0 Å². The molecule has 8 heteroatoms. The van der Waals surface area contributed by atoms with Gasteiger partial charge in [-0.15, -0.1) is 0 Å². The SMILES string of the molecule is OCc1ncc(Oc2ccc(Cl)c(C(F)(F)F)c2)cn1. The third-order valence-corrected chi connectivity index (χ3v) is 2.63. The molecule has 1 aromatic carbocycles. The third kappa shape index (κ3) is 3.37. The molecule has 20 heavy (non-hydrogen) atoms. The molecule has 106 valence electrons. The average molecular weight is 305 g/mol. The Kier molecular flexibility index (Phi) is 4.10. The molecule has 1 N–H and O–H groups in total. The minimum Gasteiger partial charge on any atom is -0.454 e. The van der Waals surface area contributed by atoms with Crippen LogP contribution in [0, 0.1) is 0 Å². The van der Waals surface area contributed by atoms with Crippen LogP contribution >= 0.6 is 11.6 Å². The van der Waals surface area contributed by atoms with E-state index < -0.39 is 16.8 Å². The Hall–Kier alpha value is -1.86. The fourth-order valence-electron chi connectivity index (χ4n) is 1.40. The second-order valence-corrected chi connectivity index (χ2v) is 4.14. The van der Waals surface area contributed by atoms with Crippen LogP contribution in [0.5, 0.6) is 11.5 Å². The Bertz CT molecular complexity index is 603. The van der Waals surface area contributed by atoms with Crippen molar-refractivity contribution >= 4 is 11.6 Å². The van der Waals surface area contributed by atoms with Crippen LogP contribution in [0.15, 0.2) is 30.6 Å². The van der Waals surface area contributed by atoms with Crippen molar-refractivity contribution in [3.8, 4) is 11.5 Å². The number of ether oxygens (including phenoxy) is 1. The first-order valence-corrected chi connectivity index (χ1v) is 5.74. The van der Waals surface area contributed by atoms with Crippen molar-refractivity contribution in [1.82, 2.24) is 9.97 Å². The van der Waals surface area contributed by atoms with Crippen molar-refractivity contribution in [2.24, 2.45) is 0 Å². The molecule has 2 rings (SSSR count). The monoisotopic (exact) mass is 304 g/mol. The highest BCUT2D eigenvalue weighted by molar-refractivity contribution is 6.31. The number of hydrogen-bond acceptors (Lipinski definition) is 4. The van der Waals surface area contributed by atoms with Gasteiger partial charge in [0.2, 0.25) is 0 Å². The minimum atomic E-state index is -4.56. The van der Waals surface area contributed by atoms with Gasteiger partial charge in [-0.3, -0.25) is 0 Å². The van der Waals surface area contributed by atoms with E-state index >= 15 is 0 Å². The molecule has 0 saturated carbocycles. The third-order valence-electron chi connectivity index (χ3n) is 2.30. The Morgan fingerprint density at radius 1 is 1.15 bits per heavy atom. The second kappa shape index (κ2) is 5.64. The molecule has 0 aliphatic rings. The van der Waals surface area contributed by atoms with E-state index in [1.807, 2.05) is 0 Å². The Morgan fingerprint density at radius 3 is 2.35 bits per heavy atom. The van der Waals surface area contributed by atoms with E-state index in [-0.39, 0.29) is 23.9 Å². The summed E-state index contributed by atoms with van der Waals surface area (Å²) in [5.41, 5.74) is -0.982. The lowest BCUT2D eigenvalue weighted by Gasteiger charge is -2.11. The molecule has 0 unspecified atom stereocenters. The maximum atomic E-state index is 12.7. The number of aliphatic hydroxyl groups is 1. The first-order valence-electron chi connectivity index (χ1n) is 5.36. The maximum absolute atomic E-state index is 12.7. The van der Waals surface area contributed by atoms with Gasteiger partial charge in [0.1, 0.15) is 12.4 Å². The Labute approximate surface area is 116 Å². The number of alkyl halides is 3. The van der Waals surface area contributed by atoms with Gasteiger partial charge in [0, 0.05) is 0 Å². The number of hydrogen-bond donors (Lipinski definition) is 1. The first kappa shape index (κ1) is 14.5. The highest BCUT2D eigenvalue weighted by Gasteiger charge is 2.33. The largest absolute Gasteiger partial charge is 0.454 e. The molecule has 0 fully saturated rings. The van der Waals surface area contributed by atoms with Crippen molar-refractivity contribution in [3.63, 3.8) is 0 Å². The molecular weight excluding hydrogens is 297 g/mol. The zero-order valence-corrected chi connectivity index (χ0v) is 10.6. The summed E-state index contributed by atoms with van der Waals surface area (Å²) in [5, 5.41) is 8.36. The molecular formula is C12H8ClF3N2O2. The molecule has 0 atom stereocenters. The van der Waals surface area contributed by atoms with Crippen LogP contribution in [0.4, 0.5) is 13.2 Å². The van der Waals surface area contributed by atoms with Crippen LogP contribution in [0.1, 0.15) is 11.4 Å². The molecule has 0 spiro atoms. The summed E-state index contributed by atoms with van der Waals surface area (Å²) in [5.74, 6) is 0.296. The van der Waals surface area contributed by atoms with Crippen LogP contribution in [0.25, 0.3) is 0 Å². The normalized spacial score (nSPS) is 11.4. The fraction of sp³-hybridized carbons (Fsp3) is 0.167. The highest BCUT2D eigenvalue weighted by Crippen LogP contribution is 2.37. The van der Waals surface area contributed by atoms with Gasteiger partial charge < -0.3 is 9.84 Å². The zero-order chi connectivity index (χ0) is 14.8. The second-order valence-electron chi connectivity index (χ2n) is 3.73. The van der Waals surface area contributed by atoms with E-state index in [1.54, 1.807) is 0 Å². The van der Waals surface area contributed by atoms with E-state index in [9.17, 15) is 13.2 Å². The minimum absolute atomic E-state index is 0.0397. The van der Waals surface area contributed by atoms with Crippen molar-refractivity contribution in [2.75, 3.05) is 0 Å². The van der Waals surface area contributed by atoms with Crippen LogP contribution in [0.2, 0.25) is 5.02 Å². The summed E-state index contributed by atoms with van der Waals surface area (Å²) in [7, 11) is 0. The highest BCUT2D eigenvalue weighted by atomic mass is 35.5. The Balaban J connectivity index is 2.25. The number of benzene rings is 1. The van der Waals surface area contributed by atoms with Gasteiger partial charge in [0.05, 0.1) is 23.0 Å². The summed E-state index contributed by atoms with van der Waals surface area (Å²) in [6.07, 6.45) is -2.06. The summed E-state index contributed by atoms with van der Waals surface area (Å²) >= 11 is 5.50. The van der Waals surface area contributed by atoms with Crippen molar-refractivity contribution in [1.29, 1.82) is 0 Å².